The zero-order valence-electron chi connectivity index (χ0n) is 11.2. The van der Waals surface area contributed by atoms with E-state index in [0.29, 0.717) is 31.9 Å². The molecule has 6 nitrogen and oxygen atoms in total. The van der Waals surface area contributed by atoms with E-state index in [1.165, 1.54) is 0 Å². The second-order valence-electron chi connectivity index (χ2n) is 3.84. The molecule has 0 heterocycles. The highest BCUT2D eigenvalue weighted by molar-refractivity contribution is 6.40. The van der Waals surface area contributed by atoms with Gasteiger partial charge in [0, 0.05) is 12.1 Å². The van der Waals surface area contributed by atoms with Crippen LogP contribution in [0.2, 0.25) is 0 Å². The summed E-state index contributed by atoms with van der Waals surface area (Å²) < 4.78 is 15.1. The summed E-state index contributed by atoms with van der Waals surface area (Å²) in [6, 6.07) is 8.27. The first kappa shape index (κ1) is 16.3. The van der Waals surface area contributed by atoms with E-state index in [1.54, 1.807) is 30.3 Å². The summed E-state index contributed by atoms with van der Waals surface area (Å²) >= 11 is 0. The van der Waals surface area contributed by atoms with Crippen LogP contribution in [-0.4, -0.2) is 51.3 Å². The van der Waals surface area contributed by atoms with Crippen molar-refractivity contribution in [3.63, 3.8) is 0 Å². The number of benzene rings is 1. The molecule has 1 rings (SSSR count). The van der Waals surface area contributed by atoms with Gasteiger partial charge in [-0.3, -0.25) is 4.79 Å². The maximum Gasteiger partial charge on any atom is 0.379 e. The Kier molecular flexibility index (Phi) is 8.21. The Morgan fingerprint density at radius 3 is 2.15 bits per heavy atom. The van der Waals surface area contributed by atoms with Gasteiger partial charge in [0.1, 0.15) is 6.61 Å². The second-order valence-corrected chi connectivity index (χ2v) is 3.84. The molecule has 0 amide bonds. The van der Waals surface area contributed by atoms with Crippen LogP contribution in [0.15, 0.2) is 30.3 Å². The second kappa shape index (κ2) is 10.1. The zero-order chi connectivity index (χ0) is 14.6. The Hall–Kier alpha value is -1.76. The minimum absolute atomic E-state index is 0.0360. The van der Waals surface area contributed by atoms with Crippen molar-refractivity contribution >= 4 is 11.8 Å². The molecule has 110 valence electrons. The van der Waals surface area contributed by atoms with E-state index in [-0.39, 0.29) is 13.2 Å². The van der Waals surface area contributed by atoms with Gasteiger partial charge in [-0.05, 0) is 0 Å². The topological polar surface area (TPSA) is 87.8 Å². The molecule has 1 aromatic rings. The van der Waals surface area contributed by atoms with Crippen LogP contribution in [0.5, 0.6) is 0 Å². The molecule has 0 aliphatic carbocycles. The maximum atomic E-state index is 11.6. The quantitative estimate of drug-likeness (QED) is 0.289. The van der Waals surface area contributed by atoms with Gasteiger partial charge in [0.2, 0.25) is 0 Å². The third-order valence-electron chi connectivity index (χ3n) is 2.32. The van der Waals surface area contributed by atoms with Crippen molar-refractivity contribution in [2.75, 3.05) is 39.6 Å². The normalized spacial score (nSPS) is 10.2. The van der Waals surface area contributed by atoms with E-state index in [1.807, 2.05) is 0 Å². The minimum Gasteiger partial charge on any atom is -0.457 e. The molecule has 6 heteroatoms. The van der Waals surface area contributed by atoms with E-state index in [0.717, 1.165) is 0 Å². The van der Waals surface area contributed by atoms with E-state index in [4.69, 9.17) is 19.9 Å². The van der Waals surface area contributed by atoms with Crippen molar-refractivity contribution in [1.29, 1.82) is 0 Å². The summed E-state index contributed by atoms with van der Waals surface area (Å²) in [5.41, 5.74) is 5.56. The number of esters is 1. The first-order valence-electron chi connectivity index (χ1n) is 6.37. The monoisotopic (exact) mass is 281 g/mol. The lowest BCUT2D eigenvalue weighted by Crippen LogP contribution is -2.20. The lowest BCUT2D eigenvalue weighted by molar-refractivity contribution is -0.139. The molecule has 0 unspecified atom stereocenters. The number of carbonyl (C=O) groups is 2. The average Bonchev–Trinajstić information content (AvgIpc) is 2.50. The Balaban J connectivity index is 2.10. The molecular weight excluding hydrogens is 262 g/mol. The van der Waals surface area contributed by atoms with E-state index >= 15 is 0 Å². The van der Waals surface area contributed by atoms with Crippen LogP contribution >= 0.6 is 0 Å². The Bertz CT molecular complexity index is 407. The maximum absolute atomic E-state index is 11.6. The Morgan fingerprint density at radius 2 is 1.50 bits per heavy atom. The third kappa shape index (κ3) is 6.42. The number of hydrogen-bond acceptors (Lipinski definition) is 6. The SMILES string of the molecule is NCCOCCOCCOC(=O)C(=O)c1ccccc1. The molecule has 0 aliphatic rings. The van der Waals surface area contributed by atoms with Gasteiger partial charge in [-0.15, -0.1) is 0 Å². The van der Waals surface area contributed by atoms with Gasteiger partial charge >= 0.3 is 5.97 Å². The predicted octanol–water partition coefficient (Wildman–Crippen LogP) is 0.404. The highest BCUT2D eigenvalue weighted by Crippen LogP contribution is 2.01. The third-order valence-corrected chi connectivity index (χ3v) is 2.32. The summed E-state index contributed by atoms with van der Waals surface area (Å²) in [7, 11) is 0. The molecule has 2 N–H and O–H groups in total. The highest BCUT2D eigenvalue weighted by atomic mass is 16.6. The standard InChI is InChI=1S/C14H19NO5/c15-6-7-18-8-9-19-10-11-20-14(17)13(16)12-4-2-1-3-5-12/h1-5H,6-11,15H2. The van der Waals surface area contributed by atoms with Gasteiger partial charge in [0.05, 0.1) is 26.4 Å². The van der Waals surface area contributed by atoms with Gasteiger partial charge in [-0.1, -0.05) is 30.3 Å². The number of hydrogen-bond donors (Lipinski definition) is 1. The summed E-state index contributed by atoms with van der Waals surface area (Å²) in [5, 5.41) is 0. The molecule has 0 bridgehead atoms. The number of carbonyl (C=O) groups excluding carboxylic acids is 2. The van der Waals surface area contributed by atoms with Crippen molar-refractivity contribution in [3.8, 4) is 0 Å². The molecule has 0 radical (unpaired) electrons. The zero-order valence-corrected chi connectivity index (χ0v) is 11.2. The van der Waals surface area contributed by atoms with Crippen molar-refractivity contribution in [2.24, 2.45) is 5.73 Å². The van der Waals surface area contributed by atoms with Crippen LogP contribution in [0.3, 0.4) is 0 Å². The summed E-state index contributed by atoms with van der Waals surface area (Å²) in [6.07, 6.45) is 0. The van der Waals surface area contributed by atoms with E-state index in [2.05, 4.69) is 0 Å². The Morgan fingerprint density at radius 1 is 0.900 bits per heavy atom. The molecule has 0 aliphatic heterocycles. The van der Waals surface area contributed by atoms with E-state index < -0.39 is 11.8 Å². The fourth-order valence-electron chi connectivity index (χ4n) is 1.37. The molecule has 0 saturated carbocycles. The number of ketones is 1. The molecule has 0 atom stereocenters. The van der Waals surface area contributed by atoms with Crippen molar-refractivity contribution in [2.45, 2.75) is 0 Å². The highest BCUT2D eigenvalue weighted by Gasteiger charge is 2.16. The lowest BCUT2D eigenvalue weighted by atomic mass is 10.1. The number of Topliss-reactive ketones (excluding diaryl/α,β-unsaturated/α-hetero) is 1. The van der Waals surface area contributed by atoms with Crippen molar-refractivity contribution in [1.82, 2.24) is 0 Å². The smallest absolute Gasteiger partial charge is 0.379 e. The molecule has 20 heavy (non-hydrogen) atoms. The molecule has 1 aromatic carbocycles. The Labute approximate surface area is 117 Å². The van der Waals surface area contributed by atoms with Crippen molar-refractivity contribution in [3.05, 3.63) is 35.9 Å². The van der Waals surface area contributed by atoms with Crippen molar-refractivity contribution < 1.29 is 23.8 Å². The van der Waals surface area contributed by atoms with Crippen LogP contribution in [0.1, 0.15) is 10.4 Å². The first-order chi connectivity index (χ1) is 9.75. The first-order valence-corrected chi connectivity index (χ1v) is 6.37. The molecule has 0 saturated heterocycles. The van der Waals surface area contributed by atoms with Gasteiger partial charge in [0.15, 0.2) is 0 Å². The van der Waals surface area contributed by atoms with Gasteiger partial charge in [-0.2, -0.15) is 0 Å². The number of ether oxygens (including phenoxy) is 3. The summed E-state index contributed by atoms with van der Waals surface area (Å²) in [5.74, 6) is -1.53. The molecule has 0 aromatic heterocycles. The number of nitrogens with two attached hydrogens (primary N) is 1. The van der Waals surface area contributed by atoms with Crippen LogP contribution in [-0.2, 0) is 19.0 Å². The number of rotatable bonds is 10. The van der Waals surface area contributed by atoms with Gasteiger partial charge < -0.3 is 19.9 Å². The minimum atomic E-state index is -0.876. The average molecular weight is 281 g/mol. The summed E-state index contributed by atoms with van der Waals surface area (Å²) in [6.45, 7) is 2.05. The fraction of sp³-hybridized carbons (Fsp3) is 0.429. The predicted molar refractivity (Wildman–Crippen MR) is 72.4 cm³/mol. The van der Waals surface area contributed by atoms with Gasteiger partial charge in [-0.25, -0.2) is 4.79 Å². The van der Waals surface area contributed by atoms with E-state index in [9.17, 15) is 9.59 Å². The van der Waals surface area contributed by atoms with Crippen LogP contribution in [0.4, 0.5) is 0 Å². The largest absolute Gasteiger partial charge is 0.457 e. The fourth-order valence-corrected chi connectivity index (χ4v) is 1.37. The molecule has 0 fully saturated rings. The van der Waals surface area contributed by atoms with Crippen LogP contribution < -0.4 is 5.73 Å². The van der Waals surface area contributed by atoms with Gasteiger partial charge in [0.25, 0.3) is 5.78 Å². The lowest BCUT2D eigenvalue weighted by Gasteiger charge is -2.06. The van der Waals surface area contributed by atoms with Crippen LogP contribution in [0, 0.1) is 0 Å². The summed E-state index contributed by atoms with van der Waals surface area (Å²) in [4.78, 5) is 23.1. The van der Waals surface area contributed by atoms with Crippen LogP contribution in [0.25, 0.3) is 0 Å². The molecule has 0 spiro atoms. The molecular formula is C14H19NO5.